The van der Waals surface area contributed by atoms with Crippen LogP contribution in [-0.2, 0) is 11.7 Å². The topological polar surface area (TPSA) is 26.0 Å². The summed E-state index contributed by atoms with van der Waals surface area (Å²) in [6.45, 7) is 6.21. The maximum Gasteiger partial charge on any atom is 0.416 e. The molecule has 21 heavy (non-hydrogen) atoms. The van der Waals surface area contributed by atoms with E-state index in [1.54, 1.807) is 12.1 Å². The summed E-state index contributed by atoms with van der Waals surface area (Å²) in [5.74, 6) is 0.0437. The monoisotopic (exact) mass is 299 g/mol. The van der Waals surface area contributed by atoms with Crippen LogP contribution in [0.2, 0.25) is 0 Å². The van der Waals surface area contributed by atoms with Gasteiger partial charge in [0, 0.05) is 5.54 Å². The van der Waals surface area contributed by atoms with E-state index < -0.39 is 17.3 Å². The zero-order valence-corrected chi connectivity index (χ0v) is 12.9. The molecule has 0 radical (unpaired) electrons. The fourth-order valence-corrected chi connectivity index (χ4v) is 3.86. The van der Waals surface area contributed by atoms with Gasteiger partial charge in [-0.05, 0) is 35.8 Å². The van der Waals surface area contributed by atoms with Gasteiger partial charge >= 0.3 is 6.18 Å². The molecule has 2 atom stereocenters. The van der Waals surface area contributed by atoms with Crippen LogP contribution < -0.4 is 5.73 Å². The molecule has 0 aliphatic heterocycles. The Bertz CT molecular complexity index is 501. The van der Waals surface area contributed by atoms with E-state index in [-0.39, 0.29) is 16.9 Å². The van der Waals surface area contributed by atoms with Crippen LogP contribution in [0.5, 0.6) is 0 Å². The number of hydrogen-bond donors (Lipinski definition) is 1. The van der Waals surface area contributed by atoms with E-state index in [0.29, 0.717) is 6.42 Å². The van der Waals surface area contributed by atoms with Crippen LogP contribution in [0, 0.1) is 11.3 Å². The molecule has 1 aromatic rings. The molecule has 0 spiro atoms. The van der Waals surface area contributed by atoms with Gasteiger partial charge in [0.05, 0.1) is 5.56 Å². The van der Waals surface area contributed by atoms with Gasteiger partial charge in [-0.15, -0.1) is 0 Å². The van der Waals surface area contributed by atoms with Gasteiger partial charge in [-0.25, -0.2) is 0 Å². The zero-order chi connectivity index (χ0) is 15.9. The Morgan fingerprint density at radius 1 is 1.10 bits per heavy atom. The Balaban J connectivity index is 2.57. The van der Waals surface area contributed by atoms with Crippen molar-refractivity contribution in [3.05, 3.63) is 35.4 Å². The summed E-state index contributed by atoms with van der Waals surface area (Å²) in [6, 6.07) is 5.81. The normalized spacial score (nSPS) is 27.7. The van der Waals surface area contributed by atoms with Crippen molar-refractivity contribution in [1.82, 2.24) is 0 Å². The van der Waals surface area contributed by atoms with Gasteiger partial charge in [-0.2, -0.15) is 13.2 Å². The van der Waals surface area contributed by atoms with Gasteiger partial charge in [0.15, 0.2) is 0 Å². The molecule has 0 heterocycles. The number of halogens is 3. The largest absolute Gasteiger partial charge is 0.416 e. The summed E-state index contributed by atoms with van der Waals surface area (Å²) in [5.41, 5.74) is 5.27. The summed E-state index contributed by atoms with van der Waals surface area (Å²) in [6.07, 6.45) is -0.943. The minimum atomic E-state index is -4.36. The van der Waals surface area contributed by atoms with Crippen molar-refractivity contribution in [2.24, 2.45) is 17.1 Å². The highest BCUT2D eigenvalue weighted by atomic mass is 19.4. The molecule has 2 N–H and O–H groups in total. The summed E-state index contributed by atoms with van der Waals surface area (Å²) >= 11 is 0. The molecule has 1 aliphatic rings. The average molecular weight is 299 g/mol. The summed E-state index contributed by atoms with van der Waals surface area (Å²) in [7, 11) is 0. The van der Waals surface area contributed by atoms with Gasteiger partial charge < -0.3 is 5.73 Å². The number of nitrogens with two attached hydrogens (primary N) is 1. The molecule has 2 rings (SSSR count). The molecule has 0 bridgehead atoms. The van der Waals surface area contributed by atoms with E-state index in [1.165, 1.54) is 6.07 Å². The van der Waals surface area contributed by atoms with Crippen molar-refractivity contribution in [2.75, 3.05) is 0 Å². The van der Waals surface area contributed by atoms with E-state index in [1.807, 2.05) is 0 Å². The predicted molar refractivity (Wildman–Crippen MR) is 78.7 cm³/mol. The van der Waals surface area contributed by atoms with Crippen molar-refractivity contribution >= 4 is 0 Å². The highest BCUT2D eigenvalue weighted by Crippen LogP contribution is 2.50. The lowest BCUT2D eigenvalue weighted by Crippen LogP contribution is -2.52. The Morgan fingerprint density at radius 2 is 1.71 bits per heavy atom. The van der Waals surface area contributed by atoms with Gasteiger partial charge in [-0.1, -0.05) is 51.8 Å². The lowest BCUT2D eigenvalue weighted by atomic mass is 9.59. The van der Waals surface area contributed by atoms with Crippen LogP contribution in [0.15, 0.2) is 24.3 Å². The van der Waals surface area contributed by atoms with Crippen LogP contribution in [0.25, 0.3) is 0 Å². The minimum Gasteiger partial charge on any atom is -0.321 e. The molecular weight excluding hydrogens is 275 g/mol. The van der Waals surface area contributed by atoms with Gasteiger partial charge in [0.1, 0.15) is 0 Å². The van der Waals surface area contributed by atoms with Gasteiger partial charge in [0.25, 0.3) is 0 Å². The van der Waals surface area contributed by atoms with Crippen molar-refractivity contribution in [3.8, 4) is 0 Å². The maximum atomic E-state index is 13.3. The number of alkyl halides is 3. The number of rotatable bonds is 1. The maximum absolute atomic E-state index is 13.3. The van der Waals surface area contributed by atoms with Crippen molar-refractivity contribution < 1.29 is 13.2 Å². The van der Waals surface area contributed by atoms with Gasteiger partial charge in [0.2, 0.25) is 0 Å². The minimum absolute atomic E-state index is 0.0437. The smallest absolute Gasteiger partial charge is 0.321 e. The molecule has 1 saturated carbocycles. The molecule has 1 aromatic carbocycles. The van der Waals surface area contributed by atoms with Crippen LogP contribution >= 0.6 is 0 Å². The van der Waals surface area contributed by atoms with E-state index in [4.69, 9.17) is 5.73 Å². The molecule has 118 valence electrons. The summed E-state index contributed by atoms with van der Waals surface area (Å²) in [5, 5.41) is 0. The number of hydrogen-bond acceptors (Lipinski definition) is 1. The second-order valence-corrected chi connectivity index (χ2v) is 7.25. The quantitative estimate of drug-likeness (QED) is 0.767. The molecule has 0 aromatic heterocycles. The Hall–Kier alpha value is -1.03. The Kier molecular flexibility index (Phi) is 4.13. The van der Waals surface area contributed by atoms with Crippen LogP contribution in [0.3, 0.4) is 0 Å². The third kappa shape index (κ3) is 3.10. The molecule has 1 aliphatic carbocycles. The third-order valence-corrected chi connectivity index (χ3v) is 4.73. The second kappa shape index (κ2) is 5.31. The zero-order valence-electron chi connectivity index (χ0n) is 12.9. The van der Waals surface area contributed by atoms with E-state index in [0.717, 1.165) is 25.3 Å². The van der Waals surface area contributed by atoms with Crippen molar-refractivity contribution in [1.29, 1.82) is 0 Å². The lowest BCUT2D eigenvalue weighted by Gasteiger charge is -2.49. The lowest BCUT2D eigenvalue weighted by molar-refractivity contribution is -0.139. The molecule has 2 unspecified atom stereocenters. The number of benzene rings is 1. The summed E-state index contributed by atoms with van der Waals surface area (Å²) < 4.78 is 40.0. The van der Waals surface area contributed by atoms with Crippen LogP contribution in [0.1, 0.15) is 57.6 Å². The Labute approximate surface area is 124 Å². The van der Waals surface area contributed by atoms with Crippen LogP contribution in [0.4, 0.5) is 13.2 Å². The average Bonchev–Trinajstić information content (AvgIpc) is 2.37. The molecule has 0 amide bonds. The highest BCUT2D eigenvalue weighted by Gasteiger charge is 2.48. The second-order valence-electron chi connectivity index (χ2n) is 7.25. The summed E-state index contributed by atoms with van der Waals surface area (Å²) in [4.78, 5) is 0. The standard InChI is InChI=1S/C17H24F3N/c1-15(2,3)14-10-6-7-11-16(14,21)12-8-4-5-9-13(12)17(18,19)20/h4-5,8-9,14H,6-7,10-11,21H2,1-3H3. The van der Waals surface area contributed by atoms with Crippen molar-refractivity contribution in [2.45, 2.75) is 58.2 Å². The first-order chi connectivity index (χ1) is 9.57. The van der Waals surface area contributed by atoms with E-state index >= 15 is 0 Å². The van der Waals surface area contributed by atoms with E-state index in [9.17, 15) is 13.2 Å². The first-order valence-corrected chi connectivity index (χ1v) is 7.52. The Morgan fingerprint density at radius 3 is 2.29 bits per heavy atom. The van der Waals surface area contributed by atoms with Gasteiger partial charge in [-0.3, -0.25) is 0 Å². The van der Waals surface area contributed by atoms with Crippen LogP contribution in [-0.4, -0.2) is 0 Å². The van der Waals surface area contributed by atoms with E-state index in [2.05, 4.69) is 20.8 Å². The molecule has 0 saturated heterocycles. The molecule has 1 fully saturated rings. The molecule has 1 nitrogen and oxygen atoms in total. The molecule has 4 heteroatoms. The van der Waals surface area contributed by atoms with Crippen molar-refractivity contribution in [3.63, 3.8) is 0 Å². The third-order valence-electron chi connectivity index (χ3n) is 4.73. The molecular formula is C17H24F3N. The fraction of sp³-hybridized carbons (Fsp3) is 0.647. The first kappa shape index (κ1) is 16.3. The predicted octanol–water partition coefficient (Wildman–Crippen LogP) is 5.10. The highest BCUT2D eigenvalue weighted by molar-refractivity contribution is 5.37. The fourth-order valence-electron chi connectivity index (χ4n) is 3.86. The first-order valence-electron chi connectivity index (χ1n) is 7.52. The SMILES string of the molecule is CC(C)(C)C1CCCCC1(N)c1ccccc1C(F)(F)F.